The first-order chi connectivity index (χ1) is 7.50. The smallest absolute Gasteiger partial charge is 0.233 e. The topological polar surface area (TPSA) is 55.6 Å². The van der Waals surface area contributed by atoms with Crippen molar-refractivity contribution in [3.8, 4) is 5.75 Å². The van der Waals surface area contributed by atoms with Crippen molar-refractivity contribution in [2.45, 2.75) is 6.92 Å². The Bertz CT molecular complexity index is 448. The summed E-state index contributed by atoms with van der Waals surface area (Å²) < 4.78 is 18.9. The van der Waals surface area contributed by atoms with Gasteiger partial charge in [-0.25, -0.2) is 4.39 Å². The van der Waals surface area contributed by atoms with Crippen molar-refractivity contribution in [3.05, 3.63) is 17.9 Å². The number of anilines is 2. The number of nitrogens with two attached hydrogens (primary N) is 1. The Hall–Kier alpha value is -1.78. The van der Waals surface area contributed by atoms with Gasteiger partial charge in [-0.1, -0.05) is 6.92 Å². The molecule has 5 heteroatoms. The summed E-state index contributed by atoms with van der Waals surface area (Å²) >= 11 is 0. The van der Waals surface area contributed by atoms with Crippen molar-refractivity contribution in [2.75, 3.05) is 24.3 Å². The molecule has 2 N–H and O–H groups in total. The van der Waals surface area contributed by atoms with Gasteiger partial charge in [-0.15, -0.1) is 0 Å². The maximum atomic E-state index is 13.6. The van der Waals surface area contributed by atoms with E-state index in [0.717, 1.165) is 0 Å². The van der Waals surface area contributed by atoms with Crippen molar-refractivity contribution < 1.29 is 13.9 Å². The molecule has 1 aliphatic rings. The maximum Gasteiger partial charge on any atom is 0.233 e. The van der Waals surface area contributed by atoms with E-state index in [4.69, 9.17) is 10.5 Å². The third-order valence-corrected chi connectivity index (χ3v) is 2.64. The summed E-state index contributed by atoms with van der Waals surface area (Å²) in [4.78, 5) is 13.2. The average molecular weight is 224 g/mol. The molecule has 0 aromatic heterocycles. The van der Waals surface area contributed by atoms with Crippen LogP contribution in [0.4, 0.5) is 15.8 Å². The van der Waals surface area contributed by atoms with Gasteiger partial charge in [-0.3, -0.25) is 4.79 Å². The third-order valence-electron chi connectivity index (χ3n) is 2.64. The van der Waals surface area contributed by atoms with E-state index in [0.29, 0.717) is 5.69 Å². The first kappa shape index (κ1) is 10.7. The van der Waals surface area contributed by atoms with Crippen LogP contribution in [0, 0.1) is 11.7 Å². The number of hydrogen-bond acceptors (Lipinski definition) is 3. The van der Waals surface area contributed by atoms with E-state index in [1.807, 2.05) is 0 Å². The largest absolute Gasteiger partial charge is 0.488 e. The number of halogens is 1. The first-order valence-electron chi connectivity index (χ1n) is 5.00. The van der Waals surface area contributed by atoms with Crippen LogP contribution in [0.3, 0.4) is 0 Å². The molecule has 1 amide bonds. The van der Waals surface area contributed by atoms with E-state index in [2.05, 4.69) is 0 Å². The Morgan fingerprint density at radius 2 is 2.25 bits per heavy atom. The number of rotatable bonds is 0. The monoisotopic (exact) mass is 224 g/mol. The van der Waals surface area contributed by atoms with Gasteiger partial charge < -0.3 is 15.4 Å². The van der Waals surface area contributed by atoms with E-state index >= 15 is 0 Å². The number of ether oxygens (including phenoxy) is 1. The number of hydrogen-bond donors (Lipinski definition) is 1. The molecule has 0 fully saturated rings. The van der Waals surface area contributed by atoms with Crippen LogP contribution in [-0.4, -0.2) is 19.6 Å². The summed E-state index contributed by atoms with van der Waals surface area (Å²) in [5.74, 6) is -0.847. The van der Waals surface area contributed by atoms with Crippen LogP contribution in [-0.2, 0) is 4.79 Å². The molecule has 1 aromatic rings. The Morgan fingerprint density at radius 1 is 1.56 bits per heavy atom. The van der Waals surface area contributed by atoms with Gasteiger partial charge in [0.2, 0.25) is 5.91 Å². The highest BCUT2D eigenvalue weighted by molar-refractivity contribution is 5.97. The molecule has 0 saturated heterocycles. The lowest BCUT2D eigenvalue weighted by Gasteiger charge is -2.18. The molecule has 86 valence electrons. The van der Waals surface area contributed by atoms with Crippen LogP contribution in [0.15, 0.2) is 12.1 Å². The SMILES string of the molecule is CC1COc2c(F)cc(N)cc2N(C)C1=O. The van der Waals surface area contributed by atoms with Gasteiger partial charge in [0.1, 0.15) is 0 Å². The van der Waals surface area contributed by atoms with Crippen LogP contribution in [0.25, 0.3) is 0 Å². The molecule has 1 aliphatic heterocycles. The molecule has 0 bridgehead atoms. The number of benzene rings is 1. The number of carbonyl (C=O) groups is 1. The van der Waals surface area contributed by atoms with Crippen LogP contribution in [0.2, 0.25) is 0 Å². The molecular weight excluding hydrogens is 211 g/mol. The van der Waals surface area contributed by atoms with Crippen molar-refractivity contribution >= 4 is 17.3 Å². The molecule has 0 aliphatic carbocycles. The second-order valence-corrected chi connectivity index (χ2v) is 3.96. The van der Waals surface area contributed by atoms with Crippen molar-refractivity contribution in [2.24, 2.45) is 5.92 Å². The number of carbonyl (C=O) groups excluding carboxylic acids is 1. The lowest BCUT2D eigenvalue weighted by atomic mass is 10.1. The molecule has 0 saturated carbocycles. The predicted molar refractivity (Wildman–Crippen MR) is 58.9 cm³/mol. The fraction of sp³-hybridized carbons (Fsp3) is 0.364. The Kier molecular flexibility index (Phi) is 2.46. The van der Waals surface area contributed by atoms with Crippen LogP contribution < -0.4 is 15.4 Å². The van der Waals surface area contributed by atoms with Crippen LogP contribution in [0.5, 0.6) is 5.75 Å². The van der Waals surface area contributed by atoms with E-state index in [-0.39, 0.29) is 29.9 Å². The molecule has 1 aromatic carbocycles. The quantitative estimate of drug-likeness (QED) is 0.678. The molecular formula is C11H13FN2O2. The predicted octanol–water partition coefficient (Wildman–Crippen LogP) is 1.40. The molecule has 1 atom stereocenters. The zero-order valence-corrected chi connectivity index (χ0v) is 9.16. The Morgan fingerprint density at radius 3 is 2.94 bits per heavy atom. The lowest BCUT2D eigenvalue weighted by molar-refractivity contribution is -0.122. The third kappa shape index (κ3) is 1.58. The molecule has 0 spiro atoms. The second kappa shape index (κ2) is 3.66. The van der Waals surface area contributed by atoms with Crippen molar-refractivity contribution in [1.82, 2.24) is 0 Å². The van der Waals surface area contributed by atoms with E-state index in [9.17, 15) is 9.18 Å². The molecule has 1 unspecified atom stereocenters. The minimum Gasteiger partial charge on any atom is -0.488 e. The van der Waals surface area contributed by atoms with Crippen LogP contribution >= 0.6 is 0 Å². The van der Waals surface area contributed by atoms with Crippen LogP contribution in [0.1, 0.15) is 6.92 Å². The van der Waals surface area contributed by atoms with E-state index in [1.54, 1.807) is 14.0 Å². The first-order valence-corrected chi connectivity index (χ1v) is 5.00. The summed E-state index contributed by atoms with van der Waals surface area (Å²) in [7, 11) is 1.59. The van der Waals surface area contributed by atoms with Gasteiger partial charge in [0.25, 0.3) is 0 Å². The van der Waals surface area contributed by atoms with Crippen molar-refractivity contribution in [1.29, 1.82) is 0 Å². The highest BCUT2D eigenvalue weighted by Gasteiger charge is 2.28. The normalized spacial score (nSPS) is 20.1. The van der Waals surface area contributed by atoms with E-state index in [1.165, 1.54) is 17.0 Å². The van der Waals surface area contributed by atoms with Gasteiger partial charge in [0.05, 0.1) is 18.2 Å². The zero-order chi connectivity index (χ0) is 11.9. The van der Waals surface area contributed by atoms with Gasteiger partial charge in [0.15, 0.2) is 11.6 Å². The minimum atomic E-state index is -0.538. The Balaban J connectivity index is 2.57. The molecule has 2 rings (SSSR count). The van der Waals surface area contributed by atoms with E-state index < -0.39 is 5.82 Å². The highest BCUT2D eigenvalue weighted by Crippen LogP contribution is 2.36. The summed E-state index contributed by atoms with van der Waals surface area (Å²) in [6.45, 7) is 1.92. The fourth-order valence-electron chi connectivity index (χ4n) is 1.72. The molecule has 1 heterocycles. The Labute approximate surface area is 92.8 Å². The summed E-state index contributed by atoms with van der Waals surface area (Å²) in [5, 5.41) is 0. The van der Waals surface area contributed by atoms with Gasteiger partial charge >= 0.3 is 0 Å². The molecule has 4 nitrogen and oxygen atoms in total. The fourth-order valence-corrected chi connectivity index (χ4v) is 1.72. The standard InChI is InChI=1S/C11H13FN2O2/c1-6-5-16-10-8(12)3-7(13)4-9(10)14(2)11(6)15/h3-4,6H,5,13H2,1-2H3. The summed E-state index contributed by atoms with van der Waals surface area (Å²) in [6.07, 6.45) is 0. The summed E-state index contributed by atoms with van der Waals surface area (Å²) in [6, 6.07) is 2.72. The maximum absolute atomic E-state index is 13.6. The van der Waals surface area contributed by atoms with Gasteiger partial charge in [0, 0.05) is 18.8 Å². The molecule has 0 radical (unpaired) electrons. The summed E-state index contributed by atoms with van der Waals surface area (Å²) in [5.41, 5.74) is 6.20. The van der Waals surface area contributed by atoms with Crippen molar-refractivity contribution in [3.63, 3.8) is 0 Å². The number of fused-ring (bicyclic) bond motifs is 1. The molecule has 16 heavy (non-hydrogen) atoms. The lowest BCUT2D eigenvalue weighted by Crippen LogP contribution is -2.31. The van der Waals surface area contributed by atoms with Gasteiger partial charge in [-0.05, 0) is 6.07 Å². The minimum absolute atomic E-state index is 0.0920. The van der Waals surface area contributed by atoms with Gasteiger partial charge in [-0.2, -0.15) is 0 Å². The number of nitrogens with zero attached hydrogens (tertiary/aromatic N) is 1. The second-order valence-electron chi connectivity index (χ2n) is 3.96. The highest BCUT2D eigenvalue weighted by atomic mass is 19.1. The number of nitrogen functional groups attached to an aromatic ring is 1. The zero-order valence-electron chi connectivity index (χ0n) is 9.16. The number of amides is 1. The average Bonchev–Trinajstić information content (AvgIpc) is 2.32.